The van der Waals surface area contributed by atoms with Crippen molar-refractivity contribution in [3.63, 3.8) is 0 Å². The maximum absolute atomic E-state index is 12.4. The summed E-state index contributed by atoms with van der Waals surface area (Å²) in [7, 11) is 0. The molecule has 0 saturated heterocycles. The molecular weight excluding hydrogens is 454 g/mol. The number of carbonyl (C=O) groups is 1. The minimum Gasteiger partial charge on any atom is -0.483 e. The fourth-order valence-corrected chi connectivity index (χ4v) is 3.89. The molecule has 0 radical (unpaired) electrons. The predicted octanol–water partition coefficient (Wildman–Crippen LogP) is 5.04. The van der Waals surface area contributed by atoms with Crippen LogP contribution in [0.4, 0.5) is 11.4 Å². The van der Waals surface area contributed by atoms with E-state index in [4.69, 9.17) is 16.3 Å². The van der Waals surface area contributed by atoms with Gasteiger partial charge in [-0.25, -0.2) is 0 Å². The molecular formula is C21H22ClN5O4S. The van der Waals surface area contributed by atoms with Crippen LogP contribution < -0.4 is 10.1 Å². The minimum absolute atomic E-state index is 0.0321. The number of ether oxygens (including phenoxy) is 1. The summed E-state index contributed by atoms with van der Waals surface area (Å²) in [4.78, 5) is 22.8. The Hall–Kier alpha value is -3.11. The molecule has 0 bridgehead atoms. The third-order valence-electron chi connectivity index (χ3n) is 4.53. The Balaban J connectivity index is 1.65. The molecule has 0 aliphatic carbocycles. The average molecular weight is 476 g/mol. The van der Waals surface area contributed by atoms with E-state index in [1.54, 1.807) is 0 Å². The van der Waals surface area contributed by atoms with Crippen molar-refractivity contribution < 1.29 is 14.5 Å². The minimum atomic E-state index is -0.550. The molecule has 2 aromatic carbocycles. The normalized spacial score (nSPS) is 11.8. The SMILES string of the molecule is CCn1c(SCC(=O)Nc2cc([N+](=O)[O-])ccc2Cl)nnc1C(C)Oc1ccc(C)cc1. The van der Waals surface area contributed by atoms with Gasteiger partial charge < -0.3 is 14.6 Å². The van der Waals surface area contributed by atoms with Crippen LogP contribution >= 0.6 is 23.4 Å². The molecule has 11 heteroatoms. The highest BCUT2D eigenvalue weighted by Crippen LogP contribution is 2.28. The topological polar surface area (TPSA) is 112 Å². The first-order valence-corrected chi connectivity index (χ1v) is 11.2. The second kappa shape index (κ2) is 10.5. The van der Waals surface area contributed by atoms with Gasteiger partial charge in [0.15, 0.2) is 17.1 Å². The van der Waals surface area contributed by atoms with E-state index in [9.17, 15) is 14.9 Å². The van der Waals surface area contributed by atoms with E-state index in [0.717, 1.165) is 11.3 Å². The van der Waals surface area contributed by atoms with E-state index in [-0.39, 0.29) is 34.2 Å². The number of non-ortho nitro benzene ring substituents is 1. The number of nitrogens with one attached hydrogen (secondary N) is 1. The molecule has 1 atom stereocenters. The lowest BCUT2D eigenvalue weighted by Gasteiger charge is -2.15. The monoisotopic (exact) mass is 475 g/mol. The first-order chi connectivity index (χ1) is 15.3. The number of halogens is 1. The molecule has 1 amide bonds. The fourth-order valence-electron chi connectivity index (χ4n) is 2.92. The van der Waals surface area contributed by atoms with E-state index in [0.29, 0.717) is 17.5 Å². The molecule has 0 spiro atoms. The Morgan fingerprint density at radius 3 is 2.66 bits per heavy atom. The van der Waals surface area contributed by atoms with Gasteiger partial charge in [-0.1, -0.05) is 41.1 Å². The van der Waals surface area contributed by atoms with Crippen LogP contribution in [0.2, 0.25) is 5.02 Å². The highest BCUT2D eigenvalue weighted by Gasteiger charge is 2.20. The van der Waals surface area contributed by atoms with E-state index < -0.39 is 4.92 Å². The molecule has 168 valence electrons. The zero-order chi connectivity index (χ0) is 23.3. The standard InChI is InChI=1S/C21H22ClN5O4S/c1-4-26-20(14(3)31-16-8-5-13(2)6-9-16)24-25-21(26)32-12-19(28)23-18-11-15(27(29)30)7-10-17(18)22/h5-11,14H,4,12H2,1-3H3,(H,23,28). The summed E-state index contributed by atoms with van der Waals surface area (Å²) in [6.07, 6.45) is -0.336. The quantitative estimate of drug-likeness (QED) is 0.262. The van der Waals surface area contributed by atoms with E-state index >= 15 is 0 Å². The molecule has 1 aromatic heterocycles. The lowest BCUT2D eigenvalue weighted by Crippen LogP contribution is -2.16. The molecule has 3 rings (SSSR count). The van der Waals surface area contributed by atoms with Crippen molar-refractivity contribution in [2.45, 2.75) is 38.6 Å². The fraction of sp³-hybridized carbons (Fsp3) is 0.286. The van der Waals surface area contributed by atoms with Gasteiger partial charge in [0.05, 0.1) is 21.4 Å². The lowest BCUT2D eigenvalue weighted by atomic mass is 10.2. The molecule has 0 aliphatic heterocycles. The van der Waals surface area contributed by atoms with Gasteiger partial charge >= 0.3 is 0 Å². The molecule has 9 nitrogen and oxygen atoms in total. The molecule has 0 aliphatic rings. The third kappa shape index (κ3) is 5.77. The molecule has 1 unspecified atom stereocenters. The highest BCUT2D eigenvalue weighted by molar-refractivity contribution is 7.99. The number of benzene rings is 2. The van der Waals surface area contributed by atoms with Crippen molar-refractivity contribution in [2.24, 2.45) is 0 Å². The van der Waals surface area contributed by atoms with Gasteiger partial charge in [-0.2, -0.15) is 0 Å². The zero-order valence-corrected chi connectivity index (χ0v) is 19.3. The molecule has 0 saturated carbocycles. The second-order valence-corrected chi connectivity index (χ2v) is 8.27. The Bertz CT molecular complexity index is 1120. The van der Waals surface area contributed by atoms with E-state index in [1.807, 2.05) is 49.6 Å². The number of nitro benzene ring substituents is 1. The van der Waals surface area contributed by atoms with Crippen molar-refractivity contribution in [1.82, 2.24) is 14.8 Å². The summed E-state index contributed by atoms with van der Waals surface area (Å²) in [5.41, 5.74) is 1.17. The van der Waals surface area contributed by atoms with Gasteiger partial charge in [-0.15, -0.1) is 10.2 Å². The first-order valence-electron chi connectivity index (χ1n) is 9.81. The van der Waals surface area contributed by atoms with Crippen molar-refractivity contribution in [1.29, 1.82) is 0 Å². The summed E-state index contributed by atoms with van der Waals surface area (Å²) in [6, 6.07) is 11.6. The first kappa shape index (κ1) is 23.6. The summed E-state index contributed by atoms with van der Waals surface area (Å²) >= 11 is 7.25. The third-order valence-corrected chi connectivity index (χ3v) is 5.82. The van der Waals surface area contributed by atoms with Gasteiger partial charge in [0.2, 0.25) is 5.91 Å². The molecule has 0 fully saturated rings. The van der Waals surface area contributed by atoms with Crippen LogP contribution in [-0.2, 0) is 11.3 Å². The Labute approximate surface area is 194 Å². The predicted molar refractivity (Wildman–Crippen MR) is 123 cm³/mol. The van der Waals surface area contributed by atoms with Gasteiger partial charge in [0, 0.05) is 18.7 Å². The number of aromatic nitrogens is 3. The van der Waals surface area contributed by atoms with E-state index in [1.165, 1.54) is 30.0 Å². The summed E-state index contributed by atoms with van der Waals surface area (Å²) in [5, 5.41) is 22.8. The largest absolute Gasteiger partial charge is 0.483 e. The number of nitro groups is 1. The Morgan fingerprint density at radius 1 is 1.28 bits per heavy atom. The number of hydrogen-bond donors (Lipinski definition) is 1. The van der Waals surface area contributed by atoms with E-state index in [2.05, 4.69) is 15.5 Å². The van der Waals surface area contributed by atoms with Crippen molar-refractivity contribution in [3.05, 3.63) is 69.0 Å². The average Bonchev–Trinajstić information content (AvgIpc) is 3.18. The van der Waals surface area contributed by atoms with Crippen molar-refractivity contribution in [2.75, 3.05) is 11.1 Å². The molecule has 1 N–H and O–H groups in total. The number of anilines is 1. The smallest absolute Gasteiger partial charge is 0.271 e. The Kier molecular flexibility index (Phi) is 7.70. The molecule has 32 heavy (non-hydrogen) atoms. The molecule has 3 aromatic rings. The van der Waals surface area contributed by atoms with Crippen molar-refractivity contribution >= 4 is 40.6 Å². The van der Waals surface area contributed by atoms with Crippen LogP contribution in [0.15, 0.2) is 47.6 Å². The van der Waals surface area contributed by atoms with Gasteiger partial charge in [0.25, 0.3) is 5.69 Å². The number of carbonyl (C=O) groups excluding carboxylic acids is 1. The van der Waals surface area contributed by atoms with Crippen molar-refractivity contribution in [3.8, 4) is 5.75 Å². The lowest BCUT2D eigenvalue weighted by molar-refractivity contribution is -0.384. The second-order valence-electron chi connectivity index (χ2n) is 6.92. The van der Waals surface area contributed by atoms with Crippen LogP contribution in [0.5, 0.6) is 5.75 Å². The van der Waals surface area contributed by atoms with Crippen LogP contribution in [0.1, 0.15) is 31.3 Å². The highest BCUT2D eigenvalue weighted by atomic mass is 35.5. The number of thioether (sulfide) groups is 1. The van der Waals surface area contributed by atoms with Gasteiger partial charge in [-0.3, -0.25) is 14.9 Å². The van der Waals surface area contributed by atoms with Gasteiger partial charge in [0.1, 0.15) is 5.75 Å². The summed E-state index contributed by atoms with van der Waals surface area (Å²) in [6.45, 7) is 6.46. The van der Waals surface area contributed by atoms with Gasteiger partial charge in [-0.05, 0) is 39.0 Å². The number of amides is 1. The van der Waals surface area contributed by atoms with Crippen LogP contribution in [0, 0.1) is 17.0 Å². The summed E-state index contributed by atoms with van der Waals surface area (Å²) < 4.78 is 7.86. The maximum Gasteiger partial charge on any atom is 0.271 e. The molecule has 1 heterocycles. The number of aryl methyl sites for hydroxylation is 1. The maximum atomic E-state index is 12.4. The number of nitrogens with zero attached hydrogens (tertiary/aromatic N) is 4. The van der Waals surface area contributed by atoms with Crippen LogP contribution in [0.25, 0.3) is 0 Å². The number of rotatable bonds is 9. The van der Waals surface area contributed by atoms with Crippen LogP contribution in [0.3, 0.4) is 0 Å². The zero-order valence-electron chi connectivity index (χ0n) is 17.7. The summed E-state index contributed by atoms with van der Waals surface area (Å²) in [5.74, 6) is 1.05. The van der Waals surface area contributed by atoms with Crippen LogP contribution in [-0.4, -0.2) is 31.3 Å². The number of hydrogen-bond acceptors (Lipinski definition) is 7. The Morgan fingerprint density at radius 2 is 2.00 bits per heavy atom.